The van der Waals surface area contributed by atoms with Crippen LogP contribution in [0, 0.1) is 23.7 Å². The predicted octanol–water partition coefficient (Wildman–Crippen LogP) is 18.5. The summed E-state index contributed by atoms with van der Waals surface area (Å²) in [5, 5.41) is 10.6. The van der Waals surface area contributed by atoms with E-state index in [0.717, 1.165) is 114 Å². The van der Waals surface area contributed by atoms with Gasteiger partial charge in [-0.05, 0) is 49.4 Å². The quantitative estimate of drug-likeness (QED) is 0.0222. The second kappa shape index (κ2) is 57.0. The summed E-state index contributed by atoms with van der Waals surface area (Å²) in [6.07, 6.45) is 37.6. The Bertz CT molecular complexity index is 1720. The molecule has 510 valence electrons. The van der Waals surface area contributed by atoms with Crippen molar-refractivity contribution < 1.29 is 80.2 Å². The predicted molar refractivity (Wildman–Crippen MR) is 344 cm³/mol. The van der Waals surface area contributed by atoms with Crippen molar-refractivity contribution >= 4 is 39.5 Å². The Balaban J connectivity index is 5.26. The largest absolute Gasteiger partial charge is 0.472 e. The maximum absolute atomic E-state index is 13.0. The molecule has 0 heterocycles. The van der Waals surface area contributed by atoms with E-state index in [-0.39, 0.29) is 25.7 Å². The van der Waals surface area contributed by atoms with Crippen molar-refractivity contribution in [2.75, 3.05) is 39.6 Å². The average molecular weight is 1270 g/mol. The van der Waals surface area contributed by atoms with Crippen LogP contribution < -0.4 is 0 Å². The molecule has 4 unspecified atom stereocenters. The summed E-state index contributed by atoms with van der Waals surface area (Å²) in [4.78, 5) is 72.4. The third-order valence-electron chi connectivity index (χ3n) is 15.7. The first-order valence-electron chi connectivity index (χ1n) is 34.7. The molecule has 0 saturated heterocycles. The lowest BCUT2D eigenvalue weighted by atomic mass is 9.99. The van der Waals surface area contributed by atoms with Gasteiger partial charge >= 0.3 is 39.5 Å². The van der Waals surface area contributed by atoms with Gasteiger partial charge in [0, 0.05) is 25.7 Å². The number of rotatable bonds is 64. The van der Waals surface area contributed by atoms with Gasteiger partial charge in [0.25, 0.3) is 0 Å². The van der Waals surface area contributed by atoms with Gasteiger partial charge in [0.15, 0.2) is 12.2 Å². The van der Waals surface area contributed by atoms with Gasteiger partial charge in [-0.25, -0.2) is 9.13 Å². The van der Waals surface area contributed by atoms with E-state index in [4.69, 9.17) is 37.0 Å². The van der Waals surface area contributed by atoms with E-state index in [1.807, 2.05) is 0 Å². The zero-order valence-electron chi connectivity index (χ0n) is 55.9. The lowest BCUT2D eigenvalue weighted by Gasteiger charge is -2.21. The molecule has 0 aromatic rings. The van der Waals surface area contributed by atoms with Crippen molar-refractivity contribution in [1.29, 1.82) is 0 Å². The van der Waals surface area contributed by atoms with E-state index in [1.54, 1.807) is 0 Å². The number of hydrogen-bond donors (Lipinski definition) is 3. The Morgan fingerprint density at radius 3 is 0.826 bits per heavy atom. The molecule has 0 aromatic heterocycles. The number of hydrogen-bond acceptors (Lipinski definition) is 15. The summed E-state index contributed by atoms with van der Waals surface area (Å²) in [5.74, 6) is 0.816. The topological polar surface area (TPSA) is 237 Å². The van der Waals surface area contributed by atoms with Crippen LogP contribution in [0.4, 0.5) is 0 Å². The van der Waals surface area contributed by atoms with Crippen molar-refractivity contribution in [2.24, 2.45) is 23.7 Å². The first-order chi connectivity index (χ1) is 41.1. The smallest absolute Gasteiger partial charge is 0.462 e. The second-order valence-corrected chi connectivity index (χ2v) is 28.8. The first kappa shape index (κ1) is 84.1. The van der Waals surface area contributed by atoms with Crippen LogP contribution >= 0.6 is 15.6 Å². The van der Waals surface area contributed by atoms with E-state index < -0.39 is 97.5 Å². The van der Waals surface area contributed by atoms with Crippen molar-refractivity contribution in [3.63, 3.8) is 0 Å². The molecule has 3 N–H and O–H groups in total. The summed E-state index contributed by atoms with van der Waals surface area (Å²) in [5.41, 5.74) is 0. The standard InChI is InChI=1S/C67H130O17P2/c1-9-60(8)46-38-30-22-12-10-11-13-24-33-41-49-66(71)83-62(53-77-64(69)47-39-31-23-16-14-19-27-35-43-57(2)3)55-81-85(73,74)79-51-61(68)52-80-86(75,76)82-56-63(54-78-65(70)48-40-32-26-18-21-29-37-45-59(6)7)84-67(72)50-42-34-25-17-15-20-28-36-44-58(4)5/h57-63,68H,9-56H2,1-8H3,(H,73,74)(H,75,76)/t60?,61?,62-,63-/m1/s1. The van der Waals surface area contributed by atoms with Crippen LogP contribution in [0.15, 0.2) is 0 Å². The zero-order valence-corrected chi connectivity index (χ0v) is 57.7. The number of carbonyl (C=O) groups excluding carboxylic acids is 4. The zero-order chi connectivity index (χ0) is 63.9. The molecule has 0 fully saturated rings. The molecule has 6 atom stereocenters. The molecule has 0 spiro atoms. The fourth-order valence-electron chi connectivity index (χ4n) is 9.93. The number of aliphatic hydroxyl groups is 1. The van der Waals surface area contributed by atoms with Gasteiger partial charge in [-0.3, -0.25) is 37.3 Å². The Morgan fingerprint density at radius 2 is 0.558 bits per heavy atom. The van der Waals surface area contributed by atoms with Crippen LogP contribution in [0.3, 0.4) is 0 Å². The van der Waals surface area contributed by atoms with Crippen LogP contribution in [-0.4, -0.2) is 96.7 Å². The molecule has 0 saturated carbocycles. The number of unbranched alkanes of at least 4 members (excludes halogenated alkanes) is 29. The molecule has 0 aliphatic carbocycles. The summed E-state index contributed by atoms with van der Waals surface area (Å²) in [7, 11) is -9.90. The molecule has 0 aromatic carbocycles. The first-order valence-corrected chi connectivity index (χ1v) is 37.7. The molecular weight excluding hydrogens is 1140 g/mol. The minimum Gasteiger partial charge on any atom is -0.462 e. The molecular formula is C67H130O17P2. The number of aliphatic hydroxyl groups excluding tert-OH is 1. The second-order valence-electron chi connectivity index (χ2n) is 25.9. The van der Waals surface area contributed by atoms with Gasteiger partial charge in [0.05, 0.1) is 26.4 Å². The van der Waals surface area contributed by atoms with Crippen LogP contribution in [0.2, 0.25) is 0 Å². The van der Waals surface area contributed by atoms with Gasteiger partial charge in [0.2, 0.25) is 0 Å². The van der Waals surface area contributed by atoms with Crippen molar-refractivity contribution in [2.45, 2.75) is 343 Å². The molecule has 0 aliphatic heterocycles. The summed E-state index contributed by atoms with van der Waals surface area (Å²) in [6.45, 7) is 14.0. The maximum Gasteiger partial charge on any atom is 0.472 e. The summed E-state index contributed by atoms with van der Waals surface area (Å²) in [6, 6.07) is 0. The highest BCUT2D eigenvalue weighted by Gasteiger charge is 2.30. The van der Waals surface area contributed by atoms with Gasteiger partial charge < -0.3 is 33.8 Å². The molecule has 19 heteroatoms. The number of phosphoric ester groups is 2. The van der Waals surface area contributed by atoms with E-state index in [1.165, 1.54) is 122 Å². The van der Waals surface area contributed by atoms with Crippen LogP contribution in [0.5, 0.6) is 0 Å². The molecule has 0 bridgehead atoms. The third kappa shape index (κ3) is 59.7. The molecule has 17 nitrogen and oxygen atoms in total. The van der Waals surface area contributed by atoms with E-state index in [0.29, 0.717) is 31.6 Å². The number of esters is 4. The number of ether oxygens (including phenoxy) is 4. The fraction of sp³-hybridized carbons (Fsp3) is 0.940. The summed E-state index contributed by atoms with van der Waals surface area (Å²) >= 11 is 0. The highest BCUT2D eigenvalue weighted by Crippen LogP contribution is 2.45. The van der Waals surface area contributed by atoms with Gasteiger partial charge in [0.1, 0.15) is 19.3 Å². The van der Waals surface area contributed by atoms with E-state index in [9.17, 15) is 43.2 Å². The summed E-state index contributed by atoms with van der Waals surface area (Å²) < 4.78 is 68.1. The molecule has 0 rings (SSSR count). The highest BCUT2D eigenvalue weighted by molar-refractivity contribution is 7.47. The SMILES string of the molecule is CCC(C)CCCCCCCCCCCCC(=O)O[C@H](COC(=O)CCCCCCCCCCC(C)C)COP(=O)(O)OCC(O)COP(=O)(O)OC[C@@H](COC(=O)CCCCCCCCCC(C)C)OC(=O)CCCCCCCCCCC(C)C. The minimum atomic E-state index is -4.95. The monoisotopic (exact) mass is 1270 g/mol. The molecule has 0 amide bonds. The minimum absolute atomic E-state index is 0.103. The Labute approximate surface area is 524 Å². The van der Waals surface area contributed by atoms with Crippen molar-refractivity contribution in [3.05, 3.63) is 0 Å². The normalized spacial score (nSPS) is 14.7. The third-order valence-corrected chi connectivity index (χ3v) is 17.6. The highest BCUT2D eigenvalue weighted by atomic mass is 31.2. The number of carbonyl (C=O) groups is 4. The molecule has 86 heavy (non-hydrogen) atoms. The van der Waals surface area contributed by atoms with E-state index >= 15 is 0 Å². The lowest BCUT2D eigenvalue weighted by molar-refractivity contribution is -0.161. The molecule has 0 aliphatic rings. The number of phosphoric acid groups is 2. The van der Waals surface area contributed by atoms with Crippen LogP contribution in [0.25, 0.3) is 0 Å². The fourth-order valence-corrected chi connectivity index (χ4v) is 11.5. The Hall–Kier alpha value is -1.94. The van der Waals surface area contributed by atoms with Gasteiger partial charge in [-0.15, -0.1) is 0 Å². The van der Waals surface area contributed by atoms with Crippen molar-refractivity contribution in [3.8, 4) is 0 Å². The Morgan fingerprint density at radius 1 is 0.326 bits per heavy atom. The lowest BCUT2D eigenvalue weighted by Crippen LogP contribution is -2.30. The maximum atomic E-state index is 13.0. The average Bonchev–Trinajstić information content (AvgIpc) is 3.65. The molecule has 0 radical (unpaired) electrons. The Kier molecular flexibility index (Phi) is 55.7. The van der Waals surface area contributed by atoms with Gasteiger partial charge in [-0.1, -0.05) is 274 Å². The van der Waals surface area contributed by atoms with Crippen molar-refractivity contribution in [1.82, 2.24) is 0 Å². The van der Waals surface area contributed by atoms with Crippen LogP contribution in [-0.2, 0) is 65.4 Å². The van der Waals surface area contributed by atoms with Crippen LogP contribution in [0.1, 0.15) is 325 Å². The van der Waals surface area contributed by atoms with Gasteiger partial charge in [-0.2, -0.15) is 0 Å². The van der Waals surface area contributed by atoms with E-state index in [2.05, 4.69) is 55.4 Å².